The van der Waals surface area contributed by atoms with Crippen molar-refractivity contribution >= 4 is 39.6 Å². The van der Waals surface area contributed by atoms with Crippen molar-refractivity contribution in [2.45, 2.75) is 38.6 Å². The molecule has 0 aliphatic heterocycles. The Morgan fingerprint density at radius 3 is 2.68 bits per heavy atom. The maximum atomic E-state index is 13.4. The van der Waals surface area contributed by atoms with Crippen LogP contribution in [0.2, 0.25) is 0 Å². The van der Waals surface area contributed by atoms with Gasteiger partial charge in [0.25, 0.3) is 5.56 Å². The first-order chi connectivity index (χ1) is 13.8. The Bertz CT molecular complexity index is 1270. The van der Waals surface area contributed by atoms with E-state index in [1.807, 2.05) is 31.2 Å². The highest BCUT2D eigenvalue weighted by atomic mass is 16.5. The summed E-state index contributed by atoms with van der Waals surface area (Å²) in [4.78, 5) is 27.4. The summed E-state index contributed by atoms with van der Waals surface area (Å²) in [7, 11) is 0. The molecule has 0 amide bonds. The summed E-state index contributed by atoms with van der Waals surface area (Å²) >= 11 is 0. The lowest BCUT2D eigenvalue weighted by molar-refractivity contribution is 0.341. The molecule has 0 N–H and O–H groups in total. The van der Waals surface area contributed by atoms with Gasteiger partial charge in [0.2, 0.25) is 0 Å². The molecule has 8 nitrogen and oxygen atoms in total. The molecule has 0 radical (unpaired) electrons. The molecule has 1 saturated carbocycles. The van der Waals surface area contributed by atoms with Crippen molar-refractivity contribution < 1.29 is 4.74 Å². The van der Waals surface area contributed by atoms with Crippen molar-refractivity contribution in [3.05, 3.63) is 40.9 Å². The summed E-state index contributed by atoms with van der Waals surface area (Å²) in [5.41, 5.74) is 2.85. The fraction of sp³-hybridized carbons (Fsp3) is 0.350. The third kappa shape index (κ3) is 2.56. The zero-order chi connectivity index (χ0) is 19.1. The first kappa shape index (κ1) is 16.9. The van der Waals surface area contributed by atoms with E-state index < -0.39 is 0 Å². The number of rotatable bonds is 4. The van der Waals surface area contributed by atoms with E-state index >= 15 is 0 Å². The zero-order valence-corrected chi connectivity index (χ0v) is 15.6. The standard InChI is InChI=1S/C20H20N6O2/c1-2-28-12-22-26-18-16(20(27)25(11-21-18)13-7-3-4-8-13)17-19(26)24-15-10-6-5-9-14(15)23-17/h5-6,9-13H,2-4,7-8H2,1H3. The number of fused-ring (bicyclic) bond motifs is 4. The van der Waals surface area contributed by atoms with Crippen molar-refractivity contribution in [1.82, 2.24) is 24.2 Å². The largest absolute Gasteiger partial charge is 0.482 e. The Balaban J connectivity index is 1.86. The first-order valence-corrected chi connectivity index (χ1v) is 9.60. The Morgan fingerprint density at radius 2 is 1.93 bits per heavy atom. The van der Waals surface area contributed by atoms with Crippen LogP contribution in [0.25, 0.3) is 33.2 Å². The second kappa shape index (κ2) is 6.70. The van der Waals surface area contributed by atoms with E-state index in [0.29, 0.717) is 28.8 Å². The van der Waals surface area contributed by atoms with Gasteiger partial charge in [0.1, 0.15) is 17.2 Å². The monoisotopic (exact) mass is 376 g/mol. The fourth-order valence-corrected chi connectivity index (χ4v) is 3.94. The van der Waals surface area contributed by atoms with Gasteiger partial charge in [-0.1, -0.05) is 25.0 Å². The van der Waals surface area contributed by atoms with Crippen LogP contribution >= 0.6 is 0 Å². The van der Waals surface area contributed by atoms with Gasteiger partial charge in [-0.2, -0.15) is 4.68 Å². The summed E-state index contributed by atoms with van der Waals surface area (Å²) in [5.74, 6) is 0. The maximum absolute atomic E-state index is 13.4. The van der Waals surface area contributed by atoms with Crippen molar-refractivity contribution in [3.63, 3.8) is 0 Å². The second-order valence-corrected chi connectivity index (χ2v) is 6.97. The van der Waals surface area contributed by atoms with Gasteiger partial charge in [0.05, 0.1) is 17.6 Å². The SMILES string of the molecule is CCOC=Nn1c2nc3ccccc3nc2c2c(=O)n(C3CCCC3)cnc21. The van der Waals surface area contributed by atoms with Crippen molar-refractivity contribution in [1.29, 1.82) is 0 Å². The van der Waals surface area contributed by atoms with E-state index in [0.717, 1.165) is 36.7 Å². The smallest absolute Gasteiger partial charge is 0.265 e. The molecule has 0 saturated heterocycles. The van der Waals surface area contributed by atoms with E-state index in [1.54, 1.807) is 15.6 Å². The summed E-state index contributed by atoms with van der Waals surface area (Å²) in [6.07, 6.45) is 7.26. The van der Waals surface area contributed by atoms with E-state index in [2.05, 4.69) is 10.1 Å². The van der Waals surface area contributed by atoms with Crippen LogP contribution in [0, 0.1) is 0 Å². The minimum atomic E-state index is -0.0863. The molecular weight excluding hydrogens is 356 g/mol. The van der Waals surface area contributed by atoms with E-state index in [4.69, 9.17) is 14.7 Å². The van der Waals surface area contributed by atoms with E-state index in [9.17, 15) is 4.79 Å². The van der Waals surface area contributed by atoms with Crippen LogP contribution in [-0.4, -0.2) is 37.2 Å². The molecule has 1 aliphatic carbocycles. The van der Waals surface area contributed by atoms with Crippen LogP contribution < -0.4 is 5.56 Å². The third-order valence-electron chi connectivity index (χ3n) is 5.29. The molecule has 0 spiro atoms. The molecule has 3 aromatic heterocycles. The number of hydrogen-bond donors (Lipinski definition) is 0. The van der Waals surface area contributed by atoms with Gasteiger partial charge < -0.3 is 4.74 Å². The molecule has 1 aromatic carbocycles. The minimum Gasteiger partial charge on any atom is -0.482 e. The molecule has 0 unspecified atom stereocenters. The van der Waals surface area contributed by atoms with Gasteiger partial charge in [0.15, 0.2) is 17.7 Å². The summed E-state index contributed by atoms with van der Waals surface area (Å²) in [5, 5.41) is 4.80. The Labute approximate surface area is 160 Å². The topological polar surface area (TPSA) is 87.2 Å². The van der Waals surface area contributed by atoms with Gasteiger partial charge >= 0.3 is 0 Å². The van der Waals surface area contributed by atoms with Crippen molar-refractivity contribution in [2.24, 2.45) is 5.10 Å². The summed E-state index contributed by atoms with van der Waals surface area (Å²) in [6, 6.07) is 7.79. The Morgan fingerprint density at radius 1 is 1.18 bits per heavy atom. The zero-order valence-electron chi connectivity index (χ0n) is 15.6. The molecule has 0 atom stereocenters. The third-order valence-corrected chi connectivity index (χ3v) is 5.29. The van der Waals surface area contributed by atoms with Gasteiger partial charge in [0, 0.05) is 6.04 Å². The molecule has 28 heavy (non-hydrogen) atoms. The molecule has 4 aromatic rings. The number of hydrogen-bond acceptors (Lipinski definition) is 6. The van der Waals surface area contributed by atoms with Crippen LogP contribution in [0.4, 0.5) is 0 Å². The van der Waals surface area contributed by atoms with Crippen LogP contribution in [0.3, 0.4) is 0 Å². The average molecular weight is 376 g/mol. The predicted octanol–water partition coefficient (Wildman–Crippen LogP) is 3.24. The normalized spacial score (nSPS) is 15.5. The summed E-state index contributed by atoms with van der Waals surface area (Å²) in [6.45, 7) is 2.38. The predicted molar refractivity (Wildman–Crippen MR) is 108 cm³/mol. The first-order valence-electron chi connectivity index (χ1n) is 9.60. The number of ether oxygens (including phenoxy) is 1. The van der Waals surface area contributed by atoms with E-state index in [-0.39, 0.29) is 11.6 Å². The molecule has 8 heteroatoms. The van der Waals surface area contributed by atoms with Gasteiger partial charge in [-0.25, -0.2) is 15.0 Å². The number of nitrogens with zero attached hydrogens (tertiary/aromatic N) is 6. The lowest BCUT2D eigenvalue weighted by atomic mass is 10.2. The molecule has 142 valence electrons. The number of aromatic nitrogens is 5. The van der Waals surface area contributed by atoms with Crippen LogP contribution in [0.1, 0.15) is 38.6 Å². The summed E-state index contributed by atoms with van der Waals surface area (Å²) < 4.78 is 8.55. The van der Waals surface area contributed by atoms with Crippen LogP contribution in [0.5, 0.6) is 0 Å². The second-order valence-electron chi connectivity index (χ2n) is 6.97. The number of para-hydroxylation sites is 2. The Kier molecular flexibility index (Phi) is 4.03. The lowest BCUT2D eigenvalue weighted by Gasteiger charge is -2.12. The molecule has 1 aliphatic rings. The highest BCUT2D eigenvalue weighted by Gasteiger charge is 2.23. The minimum absolute atomic E-state index is 0.0863. The Hall–Kier alpha value is -3.29. The molecule has 0 bridgehead atoms. The van der Waals surface area contributed by atoms with E-state index in [1.165, 1.54) is 6.40 Å². The quantitative estimate of drug-likeness (QED) is 0.403. The average Bonchev–Trinajstić information content (AvgIpc) is 3.34. The molecule has 1 fully saturated rings. The highest BCUT2D eigenvalue weighted by molar-refractivity contribution is 6.04. The number of benzene rings is 1. The lowest BCUT2D eigenvalue weighted by Crippen LogP contribution is -2.23. The van der Waals surface area contributed by atoms with Gasteiger partial charge in [-0.15, -0.1) is 5.10 Å². The van der Waals surface area contributed by atoms with Crippen LogP contribution in [-0.2, 0) is 4.74 Å². The molecule has 5 rings (SSSR count). The van der Waals surface area contributed by atoms with Crippen LogP contribution in [0.15, 0.2) is 40.5 Å². The van der Waals surface area contributed by atoms with Gasteiger partial charge in [-0.3, -0.25) is 9.36 Å². The molecule has 3 heterocycles. The molecular formula is C20H20N6O2. The fourth-order valence-electron chi connectivity index (χ4n) is 3.94. The van der Waals surface area contributed by atoms with Crippen molar-refractivity contribution in [2.75, 3.05) is 6.61 Å². The van der Waals surface area contributed by atoms with Gasteiger partial charge in [-0.05, 0) is 31.9 Å². The van der Waals surface area contributed by atoms with Crippen molar-refractivity contribution in [3.8, 4) is 0 Å². The maximum Gasteiger partial charge on any atom is 0.265 e. The highest BCUT2D eigenvalue weighted by Crippen LogP contribution is 2.30.